The number of halogens is 2. The molecule has 1 aromatic rings. The number of rotatable bonds is 6. The predicted octanol–water partition coefficient (Wildman–Crippen LogP) is 2.05. The quantitative estimate of drug-likeness (QED) is 0.841. The van der Waals surface area contributed by atoms with Gasteiger partial charge in [0.15, 0.2) is 0 Å². The summed E-state index contributed by atoms with van der Waals surface area (Å²) in [5.74, 6) is -0.890. The Morgan fingerprint density at radius 1 is 1.44 bits per heavy atom. The van der Waals surface area contributed by atoms with Crippen LogP contribution in [0.3, 0.4) is 0 Å². The average molecular weight is 292 g/mol. The van der Waals surface area contributed by atoms with E-state index in [9.17, 15) is 9.59 Å². The van der Waals surface area contributed by atoms with E-state index in [1.54, 1.807) is 0 Å². The highest BCUT2D eigenvalue weighted by atomic mass is 35.5. The highest BCUT2D eigenvalue weighted by molar-refractivity contribution is 6.41. The lowest BCUT2D eigenvalue weighted by Gasteiger charge is -2.20. The maximum atomic E-state index is 12.1. The van der Waals surface area contributed by atoms with Crippen LogP contribution in [0, 0.1) is 0 Å². The van der Waals surface area contributed by atoms with Crippen molar-refractivity contribution in [2.24, 2.45) is 5.73 Å². The number of hydrogen-bond acceptors (Lipinski definition) is 2. The summed E-state index contributed by atoms with van der Waals surface area (Å²) >= 11 is 11.5. The summed E-state index contributed by atoms with van der Waals surface area (Å²) in [6, 6.07) is 1.44. The zero-order chi connectivity index (χ0) is 13.7. The van der Waals surface area contributed by atoms with Crippen LogP contribution in [-0.4, -0.2) is 34.8 Å². The lowest BCUT2D eigenvalue weighted by atomic mass is 10.3. The topological polar surface area (TPSA) is 79.2 Å². The Morgan fingerprint density at radius 2 is 2.11 bits per heavy atom. The van der Waals surface area contributed by atoms with E-state index >= 15 is 0 Å². The van der Waals surface area contributed by atoms with Gasteiger partial charge >= 0.3 is 0 Å². The van der Waals surface area contributed by atoms with Gasteiger partial charge < -0.3 is 15.6 Å². The van der Waals surface area contributed by atoms with E-state index in [-0.39, 0.29) is 28.3 Å². The molecular weight excluding hydrogens is 277 g/mol. The molecule has 0 saturated heterocycles. The summed E-state index contributed by atoms with van der Waals surface area (Å²) in [5, 5.41) is 0.476. The molecule has 0 aromatic carbocycles. The van der Waals surface area contributed by atoms with Crippen LogP contribution in [0.2, 0.25) is 10.2 Å². The van der Waals surface area contributed by atoms with Crippen molar-refractivity contribution >= 4 is 35.0 Å². The molecule has 0 unspecified atom stereocenters. The Morgan fingerprint density at radius 3 is 2.56 bits per heavy atom. The second-order valence-corrected chi connectivity index (χ2v) is 4.68. The SMILES string of the molecule is CCCCN(CC(N)=O)C(=O)c1cc(Cl)c(Cl)[nH]1. The van der Waals surface area contributed by atoms with Crippen molar-refractivity contribution in [1.29, 1.82) is 0 Å². The summed E-state index contributed by atoms with van der Waals surface area (Å²) in [7, 11) is 0. The lowest BCUT2D eigenvalue weighted by molar-refractivity contribution is -0.118. The molecule has 1 aromatic heterocycles. The van der Waals surface area contributed by atoms with Crippen molar-refractivity contribution in [3.8, 4) is 0 Å². The first kappa shape index (κ1) is 14.9. The Labute approximate surface area is 115 Å². The summed E-state index contributed by atoms with van der Waals surface area (Å²) in [4.78, 5) is 27.1. The molecule has 1 heterocycles. The maximum absolute atomic E-state index is 12.1. The van der Waals surface area contributed by atoms with Gasteiger partial charge in [-0.05, 0) is 12.5 Å². The molecule has 0 fully saturated rings. The highest BCUT2D eigenvalue weighted by Gasteiger charge is 2.19. The van der Waals surface area contributed by atoms with E-state index < -0.39 is 5.91 Å². The molecule has 7 heteroatoms. The van der Waals surface area contributed by atoms with Crippen LogP contribution in [0.4, 0.5) is 0 Å². The van der Waals surface area contributed by atoms with Crippen LogP contribution in [0.5, 0.6) is 0 Å². The smallest absolute Gasteiger partial charge is 0.270 e. The summed E-state index contributed by atoms with van der Waals surface area (Å²) in [6.45, 7) is 2.34. The maximum Gasteiger partial charge on any atom is 0.270 e. The third kappa shape index (κ3) is 3.92. The van der Waals surface area contributed by atoms with Gasteiger partial charge in [-0.1, -0.05) is 36.5 Å². The Balaban J connectivity index is 2.83. The molecule has 3 N–H and O–H groups in total. The number of aromatic amines is 1. The first-order chi connectivity index (χ1) is 8.45. The van der Waals surface area contributed by atoms with Gasteiger partial charge in [-0.3, -0.25) is 9.59 Å². The van der Waals surface area contributed by atoms with E-state index in [0.717, 1.165) is 12.8 Å². The number of carbonyl (C=O) groups is 2. The molecule has 100 valence electrons. The highest BCUT2D eigenvalue weighted by Crippen LogP contribution is 2.22. The molecule has 18 heavy (non-hydrogen) atoms. The fourth-order valence-electron chi connectivity index (χ4n) is 1.48. The van der Waals surface area contributed by atoms with E-state index in [1.807, 2.05) is 6.92 Å². The molecule has 0 aliphatic carbocycles. The minimum atomic E-state index is -0.553. The predicted molar refractivity (Wildman–Crippen MR) is 70.8 cm³/mol. The zero-order valence-corrected chi connectivity index (χ0v) is 11.5. The number of nitrogens with one attached hydrogen (secondary N) is 1. The number of H-pyrrole nitrogens is 1. The number of aromatic nitrogens is 1. The largest absolute Gasteiger partial charge is 0.368 e. The number of amides is 2. The Bertz CT molecular complexity index is 426. The first-order valence-electron chi connectivity index (χ1n) is 5.57. The number of primary amides is 1. The van der Waals surface area contributed by atoms with Gasteiger partial charge in [0.1, 0.15) is 10.8 Å². The van der Waals surface area contributed by atoms with Crippen LogP contribution in [0.15, 0.2) is 6.07 Å². The normalized spacial score (nSPS) is 10.4. The molecule has 5 nitrogen and oxygen atoms in total. The summed E-state index contributed by atoms with van der Waals surface area (Å²) in [6.07, 6.45) is 1.70. The first-order valence-corrected chi connectivity index (χ1v) is 6.32. The van der Waals surface area contributed by atoms with Crippen molar-refractivity contribution < 1.29 is 9.59 Å². The Hall–Kier alpha value is -1.20. The molecule has 0 spiro atoms. The fraction of sp³-hybridized carbons (Fsp3) is 0.455. The summed E-state index contributed by atoms with van der Waals surface area (Å²) in [5.41, 5.74) is 5.37. The Kier molecular flexibility index (Phi) is 5.50. The van der Waals surface area contributed by atoms with Crippen molar-refractivity contribution in [3.05, 3.63) is 21.9 Å². The van der Waals surface area contributed by atoms with Crippen molar-refractivity contribution in [1.82, 2.24) is 9.88 Å². The number of hydrogen-bond donors (Lipinski definition) is 2. The van der Waals surface area contributed by atoms with Crippen LogP contribution in [-0.2, 0) is 4.79 Å². The van der Waals surface area contributed by atoms with Crippen LogP contribution in [0.1, 0.15) is 30.3 Å². The van der Waals surface area contributed by atoms with E-state index in [0.29, 0.717) is 6.54 Å². The molecule has 0 aliphatic rings. The van der Waals surface area contributed by atoms with Crippen LogP contribution < -0.4 is 5.73 Å². The average Bonchev–Trinajstić information content (AvgIpc) is 2.63. The van der Waals surface area contributed by atoms with Gasteiger partial charge in [-0.25, -0.2) is 0 Å². The fourth-order valence-corrected chi connectivity index (χ4v) is 1.79. The van der Waals surface area contributed by atoms with E-state index in [2.05, 4.69) is 4.98 Å². The molecule has 0 atom stereocenters. The molecule has 2 amide bonds. The number of carbonyl (C=O) groups excluding carboxylic acids is 2. The van der Waals surface area contributed by atoms with Crippen molar-refractivity contribution in [2.45, 2.75) is 19.8 Å². The van der Waals surface area contributed by atoms with Gasteiger partial charge in [-0.2, -0.15) is 0 Å². The minimum absolute atomic E-state index is 0.118. The van der Waals surface area contributed by atoms with Gasteiger partial charge in [-0.15, -0.1) is 0 Å². The molecule has 0 saturated carbocycles. The van der Waals surface area contributed by atoms with Gasteiger partial charge in [0.05, 0.1) is 11.6 Å². The molecule has 1 rings (SSSR count). The molecule has 0 aliphatic heterocycles. The second kappa shape index (κ2) is 6.66. The third-order valence-corrected chi connectivity index (χ3v) is 3.06. The van der Waals surface area contributed by atoms with Gasteiger partial charge in [0.25, 0.3) is 5.91 Å². The van der Waals surface area contributed by atoms with Crippen molar-refractivity contribution in [3.63, 3.8) is 0 Å². The van der Waals surface area contributed by atoms with Gasteiger partial charge in [0.2, 0.25) is 5.91 Å². The van der Waals surface area contributed by atoms with Crippen LogP contribution in [0.25, 0.3) is 0 Å². The van der Waals surface area contributed by atoms with Gasteiger partial charge in [0, 0.05) is 6.54 Å². The minimum Gasteiger partial charge on any atom is -0.368 e. The number of nitrogens with two attached hydrogens (primary N) is 1. The zero-order valence-electron chi connectivity index (χ0n) is 10.0. The monoisotopic (exact) mass is 291 g/mol. The third-order valence-electron chi connectivity index (χ3n) is 2.37. The standard InChI is InChI=1S/C11H15Cl2N3O2/c1-2-3-4-16(6-9(14)17)11(18)8-5-7(12)10(13)15-8/h5,15H,2-4,6H2,1H3,(H2,14,17). The summed E-state index contributed by atoms with van der Waals surface area (Å²) < 4.78 is 0. The van der Waals surface area contributed by atoms with E-state index in [4.69, 9.17) is 28.9 Å². The lowest BCUT2D eigenvalue weighted by Crippen LogP contribution is -2.39. The number of unbranched alkanes of at least 4 members (excludes halogenated alkanes) is 1. The van der Waals surface area contributed by atoms with Crippen LogP contribution >= 0.6 is 23.2 Å². The second-order valence-electron chi connectivity index (χ2n) is 3.89. The molecule has 0 radical (unpaired) electrons. The molecular formula is C11H15Cl2N3O2. The molecule has 0 bridgehead atoms. The number of nitrogens with zero attached hydrogens (tertiary/aromatic N) is 1. The van der Waals surface area contributed by atoms with Crippen molar-refractivity contribution in [2.75, 3.05) is 13.1 Å². The van der Waals surface area contributed by atoms with E-state index in [1.165, 1.54) is 11.0 Å².